The number of carbonyl (C=O) groups is 1. The number of halogens is 1. The summed E-state index contributed by atoms with van der Waals surface area (Å²) in [4.78, 5) is 17.2. The minimum absolute atomic E-state index is 0. The lowest BCUT2D eigenvalue weighted by Crippen LogP contribution is -2.45. The highest BCUT2D eigenvalue weighted by Crippen LogP contribution is 2.31. The Labute approximate surface area is 160 Å². The lowest BCUT2D eigenvalue weighted by molar-refractivity contribution is 0.0657. The molecular weight excluding hydrogens is 352 g/mol. The van der Waals surface area contributed by atoms with Gasteiger partial charge in [0.1, 0.15) is 0 Å². The molecule has 134 valence electrons. The van der Waals surface area contributed by atoms with Gasteiger partial charge in [-0.3, -0.25) is 4.79 Å². The second-order valence-electron chi connectivity index (χ2n) is 6.42. The number of amides is 1. The van der Waals surface area contributed by atoms with Crippen LogP contribution in [0.25, 0.3) is 0 Å². The van der Waals surface area contributed by atoms with Crippen molar-refractivity contribution in [1.29, 1.82) is 0 Å². The summed E-state index contributed by atoms with van der Waals surface area (Å²) in [5.74, 6) is 0.524. The van der Waals surface area contributed by atoms with Gasteiger partial charge in [0, 0.05) is 28.9 Å². The van der Waals surface area contributed by atoms with Crippen LogP contribution in [0.5, 0.6) is 0 Å². The van der Waals surface area contributed by atoms with E-state index in [0.29, 0.717) is 5.92 Å². The Morgan fingerprint density at radius 3 is 2.56 bits per heavy atom. The number of hydrogen-bond donors (Lipinski definition) is 1. The van der Waals surface area contributed by atoms with E-state index >= 15 is 0 Å². The molecule has 2 aromatic rings. The van der Waals surface area contributed by atoms with Crippen LogP contribution in [0, 0.1) is 5.92 Å². The van der Waals surface area contributed by atoms with Crippen molar-refractivity contribution in [2.24, 2.45) is 11.7 Å². The second kappa shape index (κ2) is 9.27. The number of nitrogens with zero attached hydrogens (tertiary/aromatic N) is 1. The normalized spacial score (nSPS) is 18.3. The maximum absolute atomic E-state index is 13.1. The zero-order valence-corrected chi connectivity index (χ0v) is 16.1. The lowest BCUT2D eigenvalue weighted by atomic mass is 9.92. The predicted molar refractivity (Wildman–Crippen MR) is 107 cm³/mol. The number of likely N-dealkylation sites (tertiary alicyclic amines) is 1. The molecule has 2 N–H and O–H groups in total. The van der Waals surface area contributed by atoms with Gasteiger partial charge >= 0.3 is 0 Å². The molecule has 2 unspecified atom stereocenters. The van der Waals surface area contributed by atoms with E-state index in [9.17, 15) is 4.79 Å². The number of rotatable bonds is 4. The third-order valence-corrected chi connectivity index (χ3v) is 5.66. The first-order valence-electron chi connectivity index (χ1n) is 8.52. The van der Waals surface area contributed by atoms with E-state index in [1.54, 1.807) is 11.8 Å². The van der Waals surface area contributed by atoms with Crippen LogP contribution in [-0.2, 0) is 0 Å². The summed E-state index contributed by atoms with van der Waals surface area (Å²) < 4.78 is 0. The van der Waals surface area contributed by atoms with Gasteiger partial charge in [-0.1, -0.05) is 42.1 Å². The third-order valence-electron chi connectivity index (χ3n) is 4.58. The molecule has 1 aliphatic heterocycles. The van der Waals surface area contributed by atoms with Crippen molar-refractivity contribution < 1.29 is 4.79 Å². The van der Waals surface area contributed by atoms with Crippen LogP contribution >= 0.6 is 24.2 Å². The fourth-order valence-electron chi connectivity index (χ4n) is 3.14. The van der Waals surface area contributed by atoms with Gasteiger partial charge in [0.2, 0.25) is 0 Å². The molecule has 5 heteroatoms. The zero-order valence-electron chi connectivity index (χ0n) is 14.4. The van der Waals surface area contributed by atoms with Crippen LogP contribution in [0.4, 0.5) is 0 Å². The molecule has 1 amide bonds. The topological polar surface area (TPSA) is 46.3 Å². The molecule has 3 rings (SSSR count). The number of piperidine rings is 1. The zero-order chi connectivity index (χ0) is 16.9. The molecule has 1 aliphatic rings. The number of nitrogens with two attached hydrogens (primary N) is 1. The molecule has 0 saturated carbocycles. The third kappa shape index (κ3) is 5.00. The summed E-state index contributed by atoms with van der Waals surface area (Å²) in [6.07, 6.45) is 2.15. The van der Waals surface area contributed by atoms with Crippen molar-refractivity contribution in [3.63, 3.8) is 0 Å². The van der Waals surface area contributed by atoms with Gasteiger partial charge in [-0.05, 0) is 49.9 Å². The molecule has 1 saturated heterocycles. The summed E-state index contributed by atoms with van der Waals surface area (Å²) in [6.45, 7) is 3.63. The van der Waals surface area contributed by atoms with E-state index in [1.165, 1.54) is 0 Å². The van der Waals surface area contributed by atoms with E-state index in [0.717, 1.165) is 41.3 Å². The summed E-state index contributed by atoms with van der Waals surface area (Å²) in [5.41, 5.74) is 6.85. The van der Waals surface area contributed by atoms with Crippen LogP contribution in [0.2, 0.25) is 0 Å². The Morgan fingerprint density at radius 2 is 1.84 bits per heavy atom. The van der Waals surface area contributed by atoms with Crippen molar-refractivity contribution in [3.05, 3.63) is 60.2 Å². The minimum Gasteiger partial charge on any atom is -0.338 e. The van der Waals surface area contributed by atoms with Crippen molar-refractivity contribution in [1.82, 2.24) is 4.90 Å². The first-order valence-corrected chi connectivity index (χ1v) is 9.33. The molecule has 2 atom stereocenters. The summed E-state index contributed by atoms with van der Waals surface area (Å²) in [7, 11) is 0. The SMILES string of the molecule is CC(N)C1CCCN(C(=O)c2ccccc2Sc2ccccc2)C1.Cl. The molecule has 0 bridgehead atoms. The standard InChI is InChI=1S/C20H24N2OS.ClH/c1-15(21)16-8-7-13-22(14-16)20(23)18-11-5-6-12-19(18)24-17-9-3-2-4-10-17;/h2-6,9-12,15-16H,7-8,13-14,21H2,1H3;1H. The Balaban J connectivity index is 0.00000225. The smallest absolute Gasteiger partial charge is 0.255 e. The highest BCUT2D eigenvalue weighted by Gasteiger charge is 2.27. The van der Waals surface area contributed by atoms with Crippen molar-refractivity contribution in [3.8, 4) is 0 Å². The van der Waals surface area contributed by atoms with Crippen molar-refractivity contribution in [2.45, 2.75) is 35.6 Å². The average molecular weight is 377 g/mol. The van der Waals surface area contributed by atoms with Gasteiger partial charge < -0.3 is 10.6 Å². The fraction of sp³-hybridized carbons (Fsp3) is 0.350. The Hall–Kier alpha value is -1.49. The second-order valence-corrected chi connectivity index (χ2v) is 7.54. The van der Waals surface area contributed by atoms with Gasteiger partial charge in [0.15, 0.2) is 0 Å². The molecule has 1 heterocycles. The lowest BCUT2D eigenvalue weighted by Gasteiger charge is -2.35. The van der Waals surface area contributed by atoms with Crippen molar-refractivity contribution >= 4 is 30.1 Å². The van der Waals surface area contributed by atoms with Gasteiger partial charge in [0.05, 0.1) is 5.56 Å². The van der Waals surface area contributed by atoms with E-state index in [4.69, 9.17) is 5.73 Å². The minimum atomic E-state index is 0. The highest BCUT2D eigenvalue weighted by atomic mass is 35.5. The molecule has 3 nitrogen and oxygen atoms in total. The maximum atomic E-state index is 13.1. The Kier molecular flexibility index (Phi) is 7.36. The molecule has 1 fully saturated rings. The van der Waals surface area contributed by atoms with E-state index in [1.807, 2.05) is 54.3 Å². The van der Waals surface area contributed by atoms with E-state index < -0.39 is 0 Å². The molecule has 0 aromatic heterocycles. The number of carbonyl (C=O) groups excluding carboxylic acids is 1. The molecule has 0 spiro atoms. The summed E-state index contributed by atoms with van der Waals surface area (Å²) in [5, 5.41) is 0. The van der Waals surface area contributed by atoms with Crippen LogP contribution < -0.4 is 5.73 Å². The van der Waals surface area contributed by atoms with Gasteiger partial charge in [-0.2, -0.15) is 0 Å². The average Bonchev–Trinajstić information content (AvgIpc) is 2.62. The quantitative estimate of drug-likeness (QED) is 0.856. The monoisotopic (exact) mass is 376 g/mol. The highest BCUT2D eigenvalue weighted by molar-refractivity contribution is 7.99. The summed E-state index contributed by atoms with van der Waals surface area (Å²) >= 11 is 1.64. The van der Waals surface area contributed by atoms with Crippen LogP contribution in [-0.4, -0.2) is 29.9 Å². The maximum Gasteiger partial charge on any atom is 0.255 e. The fourth-order valence-corrected chi connectivity index (χ4v) is 4.10. The predicted octanol–water partition coefficient (Wildman–Crippen LogP) is 4.46. The first-order chi connectivity index (χ1) is 11.6. The van der Waals surface area contributed by atoms with Gasteiger partial charge in [-0.25, -0.2) is 0 Å². The van der Waals surface area contributed by atoms with E-state index in [2.05, 4.69) is 12.1 Å². The van der Waals surface area contributed by atoms with Gasteiger partial charge in [-0.15, -0.1) is 12.4 Å². The summed E-state index contributed by atoms with van der Waals surface area (Å²) in [6, 6.07) is 18.2. The van der Waals surface area contributed by atoms with Crippen LogP contribution in [0.1, 0.15) is 30.1 Å². The van der Waals surface area contributed by atoms with Crippen LogP contribution in [0.3, 0.4) is 0 Å². The molecule has 2 aromatic carbocycles. The first kappa shape index (κ1) is 19.8. The Bertz CT molecular complexity index is 693. The van der Waals surface area contributed by atoms with Crippen molar-refractivity contribution in [2.75, 3.05) is 13.1 Å². The van der Waals surface area contributed by atoms with E-state index in [-0.39, 0.29) is 24.4 Å². The van der Waals surface area contributed by atoms with Crippen LogP contribution in [0.15, 0.2) is 64.4 Å². The van der Waals surface area contributed by atoms with Gasteiger partial charge in [0.25, 0.3) is 5.91 Å². The molecular formula is C20H25ClN2OS. The molecule has 0 aliphatic carbocycles. The molecule has 25 heavy (non-hydrogen) atoms. The Morgan fingerprint density at radius 1 is 1.16 bits per heavy atom. The number of hydrogen-bond acceptors (Lipinski definition) is 3. The largest absolute Gasteiger partial charge is 0.338 e. The number of benzene rings is 2. The molecule has 0 radical (unpaired) electrons.